The predicted molar refractivity (Wildman–Crippen MR) is 106 cm³/mol. The molecule has 144 valence electrons. The van der Waals surface area contributed by atoms with Crippen LogP contribution in [0.5, 0.6) is 17.2 Å². The summed E-state index contributed by atoms with van der Waals surface area (Å²) in [7, 11) is 1.65. The quantitative estimate of drug-likeness (QED) is 0.545. The maximum Gasteiger partial charge on any atom is 0.328 e. The zero-order chi connectivity index (χ0) is 19.9. The smallest absolute Gasteiger partial charge is 0.328 e. The van der Waals surface area contributed by atoms with Crippen molar-refractivity contribution in [3.05, 3.63) is 59.7 Å². The van der Waals surface area contributed by atoms with Crippen LogP contribution in [0.1, 0.15) is 31.9 Å². The Hall–Kier alpha value is -2.95. The van der Waals surface area contributed by atoms with Crippen LogP contribution in [0.3, 0.4) is 0 Å². The van der Waals surface area contributed by atoms with Crippen LogP contribution in [0.25, 0.3) is 6.08 Å². The van der Waals surface area contributed by atoms with Gasteiger partial charge >= 0.3 is 5.97 Å². The van der Waals surface area contributed by atoms with Crippen LogP contribution >= 0.6 is 0 Å². The van der Waals surface area contributed by atoms with Crippen LogP contribution in [0.2, 0.25) is 0 Å². The molecule has 0 fully saturated rings. The first-order valence-corrected chi connectivity index (χ1v) is 8.75. The van der Waals surface area contributed by atoms with Crippen molar-refractivity contribution in [2.24, 2.45) is 0 Å². The van der Waals surface area contributed by atoms with Gasteiger partial charge in [-0.25, -0.2) is 4.79 Å². The van der Waals surface area contributed by atoms with Gasteiger partial charge in [-0.3, -0.25) is 0 Å². The average molecular weight is 370 g/mol. The number of hydrogen-bond acceptors (Lipinski definition) is 4. The van der Waals surface area contributed by atoms with Gasteiger partial charge in [-0.2, -0.15) is 0 Å². The Balaban J connectivity index is 2.01. The van der Waals surface area contributed by atoms with E-state index in [0.717, 1.165) is 23.1 Å². The highest BCUT2D eigenvalue weighted by Crippen LogP contribution is 2.34. The van der Waals surface area contributed by atoms with Gasteiger partial charge < -0.3 is 19.3 Å². The lowest BCUT2D eigenvalue weighted by Gasteiger charge is -2.23. The van der Waals surface area contributed by atoms with Crippen molar-refractivity contribution in [3.8, 4) is 17.2 Å². The topological polar surface area (TPSA) is 65.0 Å². The molecule has 0 radical (unpaired) electrons. The second-order valence-corrected chi connectivity index (χ2v) is 7.02. The van der Waals surface area contributed by atoms with Gasteiger partial charge in [-0.05, 0) is 35.8 Å². The molecule has 0 heterocycles. The number of carboxylic acid groups (broad SMARTS) is 1. The van der Waals surface area contributed by atoms with Gasteiger partial charge in [-0.15, -0.1) is 0 Å². The van der Waals surface area contributed by atoms with E-state index in [1.54, 1.807) is 19.2 Å². The molecule has 27 heavy (non-hydrogen) atoms. The number of para-hydroxylation sites is 1. The summed E-state index contributed by atoms with van der Waals surface area (Å²) in [5.41, 5.74) is 1.69. The molecule has 0 atom stereocenters. The molecule has 0 aliphatic rings. The number of benzene rings is 2. The van der Waals surface area contributed by atoms with Gasteiger partial charge in [0.2, 0.25) is 0 Å². The summed E-state index contributed by atoms with van der Waals surface area (Å²) in [6.07, 6.45) is 2.60. The van der Waals surface area contributed by atoms with Crippen molar-refractivity contribution in [2.75, 3.05) is 20.3 Å². The normalized spacial score (nSPS) is 11.4. The fourth-order valence-corrected chi connectivity index (χ4v) is 2.56. The third-order valence-corrected chi connectivity index (χ3v) is 3.92. The molecule has 0 unspecified atom stereocenters. The summed E-state index contributed by atoms with van der Waals surface area (Å²) in [4.78, 5) is 10.7. The minimum absolute atomic E-state index is 0.0844. The summed E-state index contributed by atoms with van der Waals surface area (Å²) >= 11 is 0. The molecule has 0 saturated heterocycles. The maximum absolute atomic E-state index is 10.7. The third kappa shape index (κ3) is 6.06. The minimum Gasteiger partial charge on any atom is -0.497 e. The van der Waals surface area contributed by atoms with Gasteiger partial charge in [-0.1, -0.05) is 39.0 Å². The Bertz CT molecular complexity index is 803. The van der Waals surface area contributed by atoms with Crippen LogP contribution in [-0.4, -0.2) is 31.4 Å². The fraction of sp³-hybridized carbons (Fsp3) is 0.318. The number of ether oxygens (including phenoxy) is 3. The Morgan fingerprint density at radius 1 is 1.04 bits per heavy atom. The lowest BCUT2D eigenvalue weighted by Crippen LogP contribution is -2.16. The largest absolute Gasteiger partial charge is 0.497 e. The molecule has 0 aliphatic heterocycles. The number of aliphatic carboxylic acids is 1. The van der Waals surface area contributed by atoms with Crippen molar-refractivity contribution < 1.29 is 24.1 Å². The van der Waals surface area contributed by atoms with Gasteiger partial charge in [0.15, 0.2) is 0 Å². The molecule has 0 bridgehead atoms. The molecule has 2 aromatic carbocycles. The first-order valence-electron chi connectivity index (χ1n) is 8.75. The van der Waals surface area contributed by atoms with Crippen LogP contribution < -0.4 is 14.2 Å². The molecule has 1 N–H and O–H groups in total. The van der Waals surface area contributed by atoms with Crippen molar-refractivity contribution in [2.45, 2.75) is 26.2 Å². The average Bonchev–Trinajstić information content (AvgIpc) is 2.63. The second-order valence-electron chi connectivity index (χ2n) is 7.02. The van der Waals surface area contributed by atoms with Crippen LogP contribution in [0, 0.1) is 0 Å². The molecule has 0 amide bonds. The van der Waals surface area contributed by atoms with E-state index >= 15 is 0 Å². The first kappa shape index (κ1) is 20.4. The van der Waals surface area contributed by atoms with Gasteiger partial charge in [0, 0.05) is 17.2 Å². The van der Waals surface area contributed by atoms with Crippen LogP contribution in [0.15, 0.2) is 48.5 Å². The van der Waals surface area contributed by atoms with Gasteiger partial charge in [0.25, 0.3) is 0 Å². The molecule has 2 rings (SSSR count). The Morgan fingerprint density at radius 3 is 2.33 bits per heavy atom. The zero-order valence-electron chi connectivity index (χ0n) is 16.2. The first-order chi connectivity index (χ1) is 12.8. The van der Waals surface area contributed by atoms with E-state index in [2.05, 4.69) is 20.8 Å². The van der Waals surface area contributed by atoms with Crippen molar-refractivity contribution in [3.63, 3.8) is 0 Å². The Kier molecular flexibility index (Phi) is 6.88. The van der Waals surface area contributed by atoms with E-state index in [0.29, 0.717) is 24.5 Å². The molecule has 2 aromatic rings. The lowest BCUT2D eigenvalue weighted by molar-refractivity contribution is -0.131. The minimum atomic E-state index is -0.998. The lowest BCUT2D eigenvalue weighted by atomic mass is 9.86. The fourth-order valence-electron chi connectivity index (χ4n) is 2.56. The molecule has 5 nitrogen and oxygen atoms in total. The molecule has 5 heteroatoms. The SMILES string of the molecule is COc1ccc(OCCOc2ccccc2C=CC(=O)O)c(C(C)(C)C)c1. The Labute approximate surface area is 160 Å². The number of hydrogen-bond donors (Lipinski definition) is 1. The molecule has 0 spiro atoms. The van der Waals surface area contributed by atoms with E-state index in [-0.39, 0.29) is 5.41 Å². The molecular weight excluding hydrogens is 344 g/mol. The van der Waals surface area contributed by atoms with Crippen LogP contribution in [0.4, 0.5) is 0 Å². The van der Waals surface area contributed by atoms with E-state index in [1.165, 1.54) is 6.08 Å². The maximum atomic E-state index is 10.7. The summed E-state index contributed by atoms with van der Waals surface area (Å²) in [5, 5.41) is 8.78. The summed E-state index contributed by atoms with van der Waals surface area (Å²) in [6.45, 7) is 7.07. The molecule has 0 saturated carbocycles. The number of carboxylic acids is 1. The number of rotatable bonds is 8. The standard InChI is InChI=1S/C22H26O5/c1-22(2,3)18-15-17(25-4)10-11-20(18)27-14-13-26-19-8-6-5-7-16(19)9-12-21(23)24/h5-12,15H,13-14H2,1-4H3,(H,23,24). The summed E-state index contributed by atoms with van der Waals surface area (Å²) in [5.74, 6) is 1.21. The third-order valence-electron chi connectivity index (χ3n) is 3.92. The van der Waals surface area contributed by atoms with Crippen molar-refractivity contribution >= 4 is 12.0 Å². The molecular formula is C22H26O5. The molecule has 0 aliphatic carbocycles. The molecule has 0 aromatic heterocycles. The summed E-state index contributed by atoms with van der Waals surface area (Å²) < 4.78 is 17.0. The monoisotopic (exact) mass is 370 g/mol. The number of carbonyl (C=O) groups is 1. The zero-order valence-corrected chi connectivity index (χ0v) is 16.2. The van der Waals surface area contributed by atoms with E-state index in [1.807, 2.05) is 30.3 Å². The summed E-state index contributed by atoms with van der Waals surface area (Å²) in [6, 6.07) is 13.0. The van der Waals surface area contributed by atoms with Crippen molar-refractivity contribution in [1.29, 1.82) is 0 Å². The van der Waals surface area contributed by atoms with E-state index in [4.69, 9.17) is 19.3 Å². The van der Waals surface area contributed by atoms with E-state index < -0.39 is 5.97 Å². The van der Waals surface area contributed by atoms with E-state index in [9.17, 15) is 4.79 Å². The number of methoxy groups -OCH3 is 1. The van der Waals surface area contributed by atoms with Gasteiger partial charge in [0.1, 0.15) is 30.5 Å². The highest BCUT2D eigenvalue weighted by Gasteiger charge is 2.20. The highest BCUT2D eigenvalue weighted by molar-refractivity contribution is 5.85. The van der Waals surface area contributed by atoms with Crippen molar-refractivity contribution in [1.82, 2.24) is 0 Å². The predicted octanol–water partition coefficient (Wildman–Crippen LogP) is 4.55. The van der Waals surface area contributed by atoms with Gasteiger partial charge in [0.05, 0.1) is 7.11 Å². The second kappa shape index (κ2) is 9.12. The highest BCUT2D eigenvalue weighted by atomic mass is 16.5. The Morgan fingerprint density at radius 2 is 1.70 bits per heavy atom. The van der Waals surface area contributed by atoms with Crippen LogP contribution in [-0.2, 0) is 10.2 Å².